The van der Waals surface area contributed by atoms with Gasteiger partial charge in [-0.25, -0.2) is 0 Å². The van der Waals surface area contributed by atoms with E-state index in [-0.39, 0.29) is 4.83 Å². The summed E-state index contributed by atoms with van der Waals surface area (Å²) in [5, 5.41) is 3.53. The highest BCUT2D eigenvalue weighted by atomic mass is 79.9. The number of carbonyl (C=O) groups is 1. The number of aldehydes is 1. The van der Waals surface area contributed by atoms with Crippen LogP contribution in [0.15, 0.2) is 10.7 Å². The number of rotatable bonds is 2. The lowest BCUT2D eigenvalue weighted by Gasteiger charge is -1.94. The molecule has 1 unspecified atom stereocenters. The second-order valence-corrected chi connectivity index (χ2v) is 2.86. The Morgan fingerprint density at radius 2 is 2.60 bits per heavy atom. The van der Waals surface area contributed by atoms with Crippen LogP contribution in [0.3, 0.4) is 0 Å². The van der Waals surface area contributed by atoms with Gasteiger partial charge in [0, 0.05) is 5.56 Å². The molecule has 0 N–H and O–H groups in total. The Labute approximate surface area is 66.5 Å². The molecule has 1 rings (SSSR count). The van der Waals surface area contributed by atoms with Crippen molar-refractivity contribution in [2.45, 2.75) is 11.8 Å². The zero-order chi connectivity index (χ0) is 7.56. The number of hydrogen-bond donors (Lipinski definition) is 0. The van der Waals surface area contributed by atoms with E-state index >= 15 is 0 Å². The van der Waals surface area contributed by atoms with Crippen molar-refractivity contribution in [3.8, 4) is 0 Å². The molecule has 0 fully saturated rings. The van der Waals surface area contributed by atoms with E-state index in [9.17, 15) is 4.79 Å². The molecule has 54 valence electrons. The zero-order valence-corrected chi connectivity index (χ0v) is 6.96. The van der Waals surface area contributed by atoms with Gasteiger partial charge in [-0.1, -0.05) is 21.1 Å². The molecule has 0 aliphatic heterocycles. The van der Waals surface area contributed by atoms with Crippen LogP contribution in [0.1, 0.15) is 16.2 Å². The highest BCUT2D eigenvalue weighted by Gasteiger charge is 2.11. The van der Waals surface area contributed by atoms with Crippen LogP contribution in [0.25, 0.3) is 0 Å². The van der Waals surface area contributed by atoms with Gasteiger partial charge in [0.05, 0.1) is 11.0 Å². The van der Waals surface area contributed by atoms with Crippen molar-refractivity contribution in [2.24, 2.45) is 0 Å². The summed E-state index contributed by atoms with van der Waals surface area (Å²) in [5.41, 5.74) is 0.787. The SMILES string of the molecule is Cc1oncc1C(Br)C=O. The fraction of sp³-hybridized carbons (Fsp3) is 0.333. The van der Waals surface area contributed by atoms with Crippen molar-refractivity contribution in [3.63, 3.8) is 0 Å². The maximum atomic E-state index is 10.2. The summed E-state index contributed by atoms with van der Waals surface area (Å²) >= 11 is 3.15. The molecule has 0 saturated carbocycles. The third kappa shape index (κ3) is 1.26. The van der Waals surface area contributed by atoms with Crippen molar-refractivity contribution in [2.75, 3.05) is 0 Å². The third-order valence-corrected chi connectivity index (χ3v) is 1.91. The molecule has 0 bridgehead atoms. The molecule has 1 atom stereocenters. The first kappa shape index (κ1) is 7.47. The molecule has 0 radical (unpaired) electrons. The second-order valence-electron chi connectivity index (χ2n) is 1.88. The molecule has 0 amide bonds. The molecule has 4 heteroatoms. The Kier molecular flexibility index (Phi) is 2.21. The fourth-order valence-corrected chi connectivity index (χ4v) is 1.09. The summed E-state index contributed by atoms with van der Waals surface area (Å²) in [5.74, 6) is 0.675. The van der Waals surface area contributed by atoms with Crippen molar-refractivity contribution in [1.29, 1.82) is 0 Å². The minimum Gasteiger partial charge on any atom is -0.361 e. The smallest absolute Gasteiger partial charge is 0.138 e. The average molecular weight is 204 g/mol. The van der Waals surface area contributed by atoms with E-state index in [1.807, 2.05) is 0 Å². The number of carbonyl (C=O) groups excluding carboxylic acids is 1. The largest absolute Gasteiger partial charge is 0.361 e. The van der Waals surface area contributed by atoms with E-state index < -0.39 is 0 Å². The summed E-state index contributed by atoms with van der Waals surface area (Å²) in [7, 11) is 0. The van der Waals surface area contributed by atoms with Crippen molar-refractivity contribution in [1.82, 2.24) is 5.16 Å². The number of halogens is 1. The lowest BCUT2D eigenvalue weighted by atomic mass is 10.2. The van der Waals surface area contributed by atoms with Crippen molar-refractivity contribution in [3.05, 3.63) is 17.5 Å². The van der Waals surface area contributed by atoms with Crippen LogP contribution in [-0.4, -0.2) is 11.4 Å². The van der Waals surface area contributed by atoms with Gasteiger partial charge in [0.1, 0.15) is 12.0 Å². The first-order valence-corrected chi connectivity index (χ1v) is 3.68. The minimum absolute atomic E-state index is 0.293. The van der Waals surface area contributed by atoms with E-state index in [1.54, 1.807) is 6.92 Å². The maximum absolute atomic E-state index is 10.2. The van der Waals surface area contributed by atoms with E-state index in [1.165, 1.54) is 6.20 Å². The summed E-state index contributed by atoms with van der Waals surface area (Å²) in [6.07, 6.45) is 2.32. The molecule has 0 saturated heterocycles. The van der Waals surface area contributed by atoms with Crippen LogP contribution >= 0.6 is 15.9 Å². The first-order valence-electron chi connectivity index (χ1n) is 2.76. The van der Waals surface area contributed by atoms with Crippen LogP contribution in [-0.2, 0) is 4.79 Å². The third-order valence-electron chi connectivity index (χ3n) is 1.20. The van der Waals surface area contributed by atoms with Crippen LogP contribution < -0.4 is 0 Å². The van der Waals surface area contributed by atoms with E-state index in [0.717, 1.165) is 11.8 Å². The Morgan fingerprint density at radius 1 is 1.90 bits per heavy atom. The lowest BCUT2D eigenvalue weighted by Crippen LogP contribution is -1.89. The minimum atomic E-state index is -0.293. The number of aromatic nitrogens is 1. The Morgan fingerprint density at radius 3 is 3.00 bits per heavy atom. The van der Waals surface area contributed by atoms with Gasteiger partial charge in [-0.3, -0.25) is 0 Å². The zero-order valence-electron chi connectivity index (χ0n) is 5.37. The highest BCUT2D eigenvalue weighted by molar-refractivity contribution is 9.09. The summed E-state index contributed by atoms with van der Waals surface area (Å²) in [4.78, 5) is 9.95. The van der Waals surface area contributed by atoms with Gasteiger partial charge in [-0.2, -0.15) is 0 Å². The Hall–Kier alpha value is -0.640. The number of alkyl halides is 1. The predicted molar refractivity (Wildman–Crippen MR) is 39.0 cm³/mol. The fourth-order valence-electron chi connectivity index (χ4n) is 0.644. The van der Waals surface area contributed by atoms with Gasteiger partial charge in [0.25, 0.3) is 0 Å². The summed E-state index contributed by atoms with van der Waals surface area (Å²) in [6.45, 7) is 1.76. The van der Waals surface area contributed by atoms with Crippen LogP contribution in [0.4, 0.5) is 0 Å². The summed E-state index contributed by atoms with van der Waals surface area (Å²) in [6, 6.07) is 0. The van der Waals surface area contributed by atoms with E-state index in [2.05, 4.69) is 21.1 Å². The summed E-state index contributed by atoms with van der Waals surface area (Å²) < 4.78 is 4.75. The standard InChI is InChI=1S/C6H6BrNO2/c1-4-5(2-8-10-4)6(7)3-9/h2-3,6H,1H3. The van der Waals surface area contributed by atoms with Crippen LogP contribution in [0.2, 0.25) is 0 Å². The van der Waals surface area contributed by atoms with Gasteiger partial charge in [0.15, 0.2) is 0 Å². The van der Waals surface area contributed by atoms with Crippen LogP contribution in [0.5, 0.6) is 0 Å². The molecule has 10 heavy (non-hydrogen) atoms. The van der Waals surface area contributed by atoms with Crippen molar-refractivity contribution >= 4 is 22.2 Å². The molecule has 1 aromatic rings. The van der Waals surface area contributed by atoms with E-state index in [4.69, 9.17) is 4.52 Å². The van der Waals surface area contributed by atoms with Gasteiger partial charge in [-0.15, -0.1) is 0 Å². The van der Waals surface area contributed by atoms with Crippen LogP contribution in [0, 0.1) is 6.92 Å². The predicted octanol–water partition coefficient (Wildman–Crippen LogP) is 1.62. The Balaban J connectivity index is 2.92. The van der Waals surface area contributed by atoms with Crippen molar-refractivity contribution < 1.29 is 9.32 Å². The number of hydrogen-bond acceptors (Lipinski definition) is 3. The number of nitrogens with zero attached hydrogens (tertiary/aromatic N) is 1. The van der Waals surface area contributed by atoms with Gasteiger partial charge < -0.3 is 9.32 Å². The van der Waals surface area contributed by atoms with E-state index in [0.29, 0.717) is 5.76 Å². The van der Waals surface area contributed by atoms with Gasteiger partial charge >= 0.3 is 0 Å². The first-order chi connectivity index (χ1) is 4.75. The molecule has 3 nitrogen and oxygen atoms in total. The monoisotopic (exact) mass is 203 g/mol. The molecule has 0 spiro atoms. The molecular formula is C6H6BrNO2. The quantitative estimate of drug-likeness (QED) is 0.542. The maximum Gasteiger partial charge on any atom is 0.138 e. The van der Waals surface area contributed by atoms with Gasteiger partial charge in [-0.05, 0) is 6.92 Å². The molecule has 0 aromatic carbocycles. The average Bonchev–Trinajstić information content (AvgIpc) is 2.34. The highest BCUT2D eigenvalue weighted by Crippen LogP contribution is 2.22. The van der Waals surface area contributed by atoms with Gasteiger partial charge in [0.2, 0.25) is 0 Å². The lowest BCUT2D eigenvalue weighted by molar-refractivity contribution is -0.107. The number of aryl methyl sites for hydroxylation is 1. The normalized spacial score (nSPS) is 13.0. The molecule has 1 aromatic heterocycles. The molecular weight excluding hydrogens is 198 g/mol. The molecule has 1 heterocycles. The Bertz CT molecular complexity index is 233. The topological polar surface area (TPSA) is 43.1 Å². The molecule has 0 aliphatic rings. The second kappa shape index (κ2) is 2.96. The molecule has 0 aliphatic carbocycles.